The zero-order valence-corrected chi connectivity index (χ0v) is 14.5. The molecule has 0 radical (unpaired) electrons. The van der Waals surface area contributed by atoms with Crippen LogP contribution >= 0.6 is 11.6 Å². The molecule has 134 valence electrons. The number of aromatic nitrogens is 1. The summed E-state index contributed by atoms with van der Waals surface area (Å²) >= 11 is 5.57. The number of nitrogens with one attached hydrogen (secondary N) is 2. The summed E-state index contributed by atoms with van der Waals surface area (Å²) in [4.78, 5) is 15.6. The number of amides is 1. The number of nitrogens with zero attached hydrogens (tertiary/aromatic N) is 2. The minimum atomic E-state index is -0.611. The Hall–Kier alpha value is -3.11. The number of carbonyl (C=O) groups excluding carboxylic acids is 1. The lowest BCUT2D eigenvalue weighted by Gasteiger charge is -2.11. The van der Waals surface area contributed by atoms with E-state index >= 15 is 0 Å². The average molecular weight is 375 g/mol. The van der Waals surface area contributed by atoms with Crippen molar-refractivity contribution in [3.8, 4) is 11.8 Å². The van der Waals surface area contributed by atoms with Crippen molar-refractivity contribution in [3.05, 3.63) is 65.3 Å². The van der Waals surface area contributed by atoms with Crippen LogP contribution in [0.25, 0.3) is 0 Å². The first-order chi connectivity index (χ1) is 12.5. The van der Waals surface area contributed by atoms with Gasteiger partial charge in [0.2, 0.25) is 0 Å². The SMILES string of the molecule is C=C(CCNC(=O)COc1ccc(Cl)c(F)c1)Nc1ccncc1C#N. The van der Waals surface area contributed by atoms with E-state index in [9.17, 15) is 9.18 Å². The first-order valence-corrected chi connectivity index (χ1v) is 8.01. The summed E-state index contributed by atoms with van der Waals surface area (Å²) in [6.45, 7) is 3.94. The molecule has 0 aliphatic rings. The van der Waals surface area contributed by atoms with Gasteiger partial charge in [-0.15, -0.1) is 0 Å². The average Bonchev–Trinajstić information content (AvgIpc) is 2.63. The van der Waals surface area contributed by atoms with Crippen LogP contribution in [-0.2, 0) is 4.79 Å². The number of carbonyl (C=O) groups is 1. The molecule has 1 aromatic heterocycles. The minimum absolute atomic E-state index is 0.0124. The molecular weight excluding hydrogens is 359 g/mol. The fraction of sp³-hybridized carbons (Fsp3) is 0.167. The van der Waals surface area contributed by atoms with Crippen LogP contribution in [0, 0.1) is 17.1 Å². The number of halogens is 2. The van der Waals surface area contributed by atoms with Crippen molar-refractivity contribution in [2.24, 2.45) is 0 Å². The predicted molar refractivity (Wildman–Crippen MR) is 96.2 cm³/mol. The summed E-state index contributed by atoms with van der Waals surface area (Å²) < 4.78 is 18.5. The van der Waals surface area contributed by atoms with Gasteiger partial charge in [0.05, 0.1) is 16.3 Å². The summed E-state index contributed by atoms with van der Waals surface area (Å²) in [5.74, 6) is -0.746. The molecule has 2 rings (SSSR count). The molecule has 6 nitrogen and oxygen atoms in total. The van der Waals surface area contributed by atoms with Crippen LogP contribution < -0.4 is 15.4 Å². The Balaban J connectivity index is 1.71. The molecule has 1 aromatic carbocycles. The smallest absolute Gasteiger partial charge is 0.257 e. The first-order valence-electron chi connectivity index (χ1n) is 7.63. The quantitative estimate of drug-likeness (QED) is 0.740. The second kappa shape index (κ2) is 9.39. The molecule has 1 heterocycles. The van der Waals surface area contributed by atoms with Crippen molar-refractivity contribution >= 4 is 23.2 Å². The Morgan fingerprint density at radius 1 is 1.42 bits per heavy atom. The maximum atomic E-state index is 13.3. The molecule has 0 aliphatic heterocycles. The van der Waals surface area contributed by atoms with E-state index in [4.69, 9.17) is 21.6 Å². The highest BCUT2D eigenvalue weighted by atomic mass is 35.5. The van der Waals surface area contributed by atoms with Crippen LogP contribution in [0.2, 0.25) is 5.02 Å². The van der Waals surface area contributed by atoms with Crippen molar-refractivity contribution in [1.29, 1.82) is 5.26 Å². The van der Waals surface area contributed by atoms with Gasteiger partial charge in [0.1, 0.15) is 17.6 Å². The maximum absolute atomic E-state index is 13.3. The summed E-state index contributed by atoms with van der Waals surface area (Å²) in [6.07, 6.45) is 3.47. The molecule has 0 saturated heterocycles. The van der Waals surface area contributed by atoms with E-state index in [1.165, 1.54) is 18.3 Å². The van der Waals surface area contributed by atoms with Gasteiger partial charge in [-0.2, -0.15) is 5.26 Å². The zero-order valence-electron chi connectivity index (χ0n) is 13.8. The van der Waals surface area contributed by atoms with Crippen molar-refractivity contribution in [1.82, 2.24) is 10.3 Å². The normalized spacial score (nSPS) is 9.88. The molecule has 0 spiro atoms. The second-order valence-electron chi connectivity index (χ2n) is 5.23. The van der Waals surface area contributed by atoms with Crippen LogP contribution in [0.15, 0.2) is 48.9 Å². The van der Waals surface area contributed by atoms with Gasteiger partial charge in [-0.25, -0.2) is 4.39 Å². The molecule has 0 bridgehead atoms. The second-order valence-corrected chi connectivity index (χ2v) is 5.63. The Bertz CT molecular complexity index is 851. The van der Waals surface area contributed by atoms with Gasteiger partial charge in [-0.3, -0.25) is 9.78 Å². The van der Waals surface area contributed by atoms with Crippen molar-refractivity contribution in [2.45, 2.75) is 6.42 Å². The van der Waals surface area contributed by atoms with E-state index in [1.54, 1.807) is 12.3 Å². The van der Waals surface area contributed by atoms with Crippen LogP contribution in [0.5, 0.6) is 5.75 Å². The van der Waals surface area contributed by atoms with Crippen LogP contribution in [0.3, 0.4) is 0 Å². The molecule has 2 aromatic rings. The third-order valence-corrected chi connectivity index (χ3v) is 3.57. The number of hydrogen-bond acceptors (Lipinski definition) is 5. The molecule has 0 saturated carbocycles. The van der Waals surface area contributed by atoms with Gasteiger partial charge in [-0.05, 0) is 18.2 Å². The number of benzene rings is 1. The third kappa shape index (κ3) is 5.76. The Labute approximate surface area is 155 Å². The van der Waals surface area contributed by atoms with Gasteiger partial charge >= 0.3 is 0 Å². The standard InChI is InChI=1S/C18H16ClFN4O2/c1-12(24-17-5-6-22-10-13(17)9-21)4-7-23-18(25)11-26-14-2-3-15(19)16(20)8-14/h2-3,5-6,8,10H,1,4,7,11H2,(H,22,24)(H,23,25). The minimum Gasteiger partial charge on any atom is -0.484 e. The van der Waals surface area contributed by atoms with Gasteiger partial charge < -0.3 is 15.4 Å². The number of rotatable bonds is 8. The van der Waals surface area contributed by atoms with E-state index in [1.807, 2.05) is 6.07 Å². The van der Waals surface area contributed by atoms with Gasteiger partial charge in [-0.1, -0.05) is 18.2 Å². The summed E-state index contributed by atoms with van der Waals surface area (Å²) in [5, 5.41) is 14.7. The maximum Gasteiger partial charge on any atom is 0.257 e. The Kier molecular flexibility index (Phi) is 6.94. The van der Waals surface area contributed by atoms with Gasteiger partial charge in [0.15, 0.2) is 6.61 Å². The van der Waals surface area contributed by atoms with E-state index < -0.39 is 5.82 Å². The Morgan fingerprint density at radius 3 is 2.96 bits per heavy atom. The predicted octanol–water partition coefficient (Wildman–Crippen LogP) is 3.26. The largest absolute Gasteiger partial charge is 0.484 e. The molecule has 2 N–H and O–H groups in total. The van der Waals surface area contributed by atoms with Crippen LogP contribution in [0.4, 0.5) is 10.1 Å². The van der Waals surface area contributed by atoms with Crippen molar-refractivity contribution < 1.29 is 13.9 Å². The third-order valence-electron chi connectivity index (χ3n) is 3.26. The molecule has 1 amide bonds. The van der Waals surface area contributed by atoms with Crippen molar-refractivity contribution in [2.75, 3.05) is 18.5 Å². The number of nitriles is 1. The number of hydrogen-bond donors (Lipinski definition) is 2. The molecule has 0 atom stereocenters. The highest BCUT2D eigenvalue weighted by Gasteiger charge is 2.06. The van der Waals surface area contributed by atoms with E-state index in [-0.39, 0.29) is 23.3 Å². The molecule has 0 fully saturated rings. The highest BCUT2D eigenvalue weighted by molar-refractivity contribution is 6.30. The lowest BCUT2D eigenvalue weighted by atomic mass is 10.2. The molecule has 26 heavy (non-hydrogen) atoms. The summed E-state index contributed by atoms with van der Waals surface area (Å²) in [6, 6.07) is 7.64. The summed E-state index contributed by atoms with van der Waals surface area (Å²) in [5.41, 5.74) is 1.64. The topological polar surface area (TPSA) is 87.0 Å². The van der Waals surface area contributed by atoms with Gasteiger partial charge in [0, 0.05) is 37.1 Å². The lowest BCUT2D eigenvalue weighted by Crippen LogP contribution is -2.30. The molecule has 0 aliphatic carbocycles. The van der Waals surface area contributed by atoms with E-state index in [0.29, 0.717) is 29.9 Å². The number of pyridine rings is 1. The molecule has 8 heteroatoms. The Morgan fingerprint density at radius 2 is 2.23 bits per heavy atom. The van der Waals surface area contributed by atoms with Crippen LogP contribution in [0.1, 0.15) is 12.0 Å². The van der Waals surface area contributed by atoms with E-state index in [0.717, 1.165) is 6.07 Å². The number of ether oxygens (including phenoxy) is 1. The van der Waals surface area contributed by atoms with Crippen LogP contribution in [-0.4, -0.2) is 24.0 Å². The lowest BCUT2D eigenvalue weighted by molar-refractivity contribution is -0.123. The highest BCUT2D eigenvalue weighted by Crippen LogP contribution is 2.20. The molecular formula is C18H16ClFN4O2. The fourth-order valence-corrected chi connectivity index (χ4v) is 2.08. The summed E-state index contributed by atoms with van der Waals surface area (Å²) in [7, 11) is 0. The first kappa shape index (κ1) is 19.2. The number of anilines is 1. The molecule has 0 unspecified atom stereocenters. The fourth-order valence-electron chi connectivity index (χ4n) is 1.96. The zero-order chi connectivity index (χ0) is 18.9. The van der Waals surface area contributed by atoms with E-state index in [2.05, 4.69) is 22.2 Å². The van der Waals surface area contributed by atoms with Crippen molar-refractivity contribution in [3.63, 3.8) is 0 Å². The van der Waals surface area contributed by atoms with Gasteiger partial charge in [0.25, 0.3) is 5.91 Å². The monoisotopic (exact) mass is 374 g/mol.